The number of aromatic amines is 1. The van der Waals surface area contributed by atoms with Crippen molar-refractivity contribution in [1.29, 1.82) is 0 Å². The minimum Gasteiger partial charge on any atom is -0.483 e. The molecule has 2 aromatic carbocycles. The van der Waals surface area contributed by atoms with Gasteiger partial charge in [0.15, 0.2) is 6.61 Å². The van der Waals surface area contributed by atoms with Crippen molar-refractivity contribution in [2.45, 2.75) is 6.54 Å². The number of nitrogens with one attached hydrogen (secondary N) is 2. The number of hydrogen-bond acceptors (Lipinski definition) is 4. The zero-order valence-corrected chi connectivity index (χ0v) is 14.4. The number of H-pyrrole nitrogens is 1. The molecule has 1 aliphatic rings. The number of rotatable bonds is 4. The Morgan fingerprint density at radius 1 is 1.30 bits per heavy atom. The summed E-state index contributed by atoms with van der Waals surface area (Å²) in [7, 11) is 0. The molecular formula is C19H17FN4O3. The molecule has 8 heteroatoms. The van der Waals surface area contributed by atoms with E-state index in [1.807, 2.05) is 0 Å². The predicted molar refractivity (Wildman–Crippen MR) is 95.7 cm³/mol. The third kappa shape index (κ3) is 3.59. The first-order valence-corrected chi connectivity index (χ1v) is 8.50. The van der Waals surface area contributed by atoms with Gasteiger partial charge in [0.05, 0.1) is 17.4 Å². The van der Waals surface area contributed by atoms with E-state index in [2.05, 4.69) is 15.3 Å². The van der Waals surface area contributed by atoms with Crippen LogP contribution in [0.25, 0.3) is 11.0 Å². The molecular weight excluding hydrogens is 351 g/mol. The zero-order valence-electron chi connectivity index (χ0n) is 14.4. The number of hydrogen-bond donors (Lipinski definition) is 2. The summed E-state index contributed by atoms with van der Waals surface area (Å²) < 4.78 is 18.9. The second kappa shape index (κ2) is 7.06. The summed E-state index contributed by atoms with van der Waals surface area (Å²) in [4.78, 5) is 33.2. The van der Waals surface area contributed by atoms with Gasteiger partial charge in [-0.3, -0.25) is 9.59 Å². The van der Waals surface area contributed by atoms with Crippen molar-refractivity contribution in [2.75, 3.05) is 19.7 Å². The first-order valence-electron chi connectivity index (χ1n) is 8.50. The topological polar surface area (TPSA) is 87.3 Å². The molecule has 1 aliphatic heterocycles. The molecule has 0 saturated carbocycles. The van der Waals surface area contributed by atoms with Gasteiger partial charge < -0.3 is 19.9 Å². The van der Waals surface area contributed by atoms with Gasteiger partial charge in [0.1, 0.15) is 11.6 Å². The highest BCUT2D eigenvalue weighted by atomic mass is 19.1. The first kappa shape index (κ1) is 17.0. The lowest BCUT2D eigenvalue weighted by atomic mass is 10.2. The third-order valence-electron chi connectivity index (χ3n) is 4.44. The van der Waals surface area contributed by atoms with Crippen LogP contribution in [0.4, 0.5) is 4.39 Å². The van der Waals surface area contributed by atoms with Gasteiger partial charge in [0.2, 0.25) is 0 Å². The second-order valence-electron chi connectivity index (χ2n) is 6.25. The molecule has 0 bridgehead atoms. The number of aromatic nitrogens is 2. The van der Waals surface area contributed by atoms with E-state index in [0.29, 0.717) is 23.4 Å². The smallest absolute Gasteiger partial charge is 0.260 e. The highest BCUT2D eigenvalue weighted by molar-refractivity contribution is 5.97. The van der Waals surface area contributed by atoms with Gasteiger partial charge in [0.25, 0.3) is 11.8 Å². The molecule has 2 heterocycles. The number of halogens is 1. The quantitative estimate of drug-likeness (QED) is 0.736. The van der Waals surface area contributed by atoms with Crippen molar-refractivity contribution in [3.63, 3.8) is 0 Å². The highest BCUT2D eigenvalue weighted by Crippen LogP contribution is 2.24. The van der Waals surface area contributed by atoms with Crippen molar-refractivity contribution >= 4 is 22.8 Å². The number of amides is 2. The number of carbonyl (C=O) groups excluding carboxylic acids is 2. The van der Waals surface area contributed by atoms with Crippen molar-refractivity contribution in [3.8, 4) is 5.75 Å². The molecule has 0 fully saturated rings. The number of imidazole rings is 1. The van der Waals surface area contributed by atoms with Crippen molar-refractivity contribution < 1.29 is 18.7 Å². The monoisotopic (exact) mass is 368 g/mol. The Hall–Kier alpha value is -3.42. The van der Waals surface area contributed by atoms with E-state index in [1.165, 1.54) is 18.2 Å². The Morgan fingerprint density at radius 3 is 3.07 bits per heavy atom. The van der Waals surface area contributed by atoms with E-state index in [0.717, 1.165) is 11.0 Å². The number of nitrogens with zero attached hydrogens (tertiary/aromatic N) is 2. The molecule has 7 nitrogen and oxygen atoms in total. The van der Waals surface area contributed by atoms with Gasteiger partial charge >= 0.3 is 0 Å². The summed E-state index contributed by atoms with van der Waals surface area (Å²) in [5.74, 6) is -0.325. The van der Waals surface area contributed by atoms with Crippen molar-refractivity contribution in [2.24, 2.45) is 0 Å². The second-order valence-corrected chi connectivity index (χ2v) is 6.25. The molecule has 0 unspecified atom stereocenters. The Bertz CT molecular complexity index is 1020. The molecule has 0 saturated heterocycles. The molecule has 1 aromatic heterocycles. The van der Waals surface area contributed by atoms with Gasteiger partial charge in [-0.2, -0.15) is 0 Å². The van der Waals surface area contributed by atoms with Gasteiger partial charge in [-0.05, 0) is 36.4 Å². The molecule has 0 radical (unpaired) electrons. The molecule has 27 heavy (non-hydrogen) atoms. The van der Waals surface area contributed by atoms with E-state index in [9.17, 15) is 14.0 Å². The highest BCUT2D eigenvalue weighted by Gasteiger charge is 2.21. The van der Waals surface area contributed by atoms with Gasteiger partial charge in [-0.25, -0.2) is 9.37 Å². The summed E-state index contributed by atoms with van der Waals surface area (Å²) in [6.45, 7) is 0.706. The van der Waals surface area contributed by atoms with E-state index >= 15 is 0 Å². The zero-order chi connectivity index (χ0) is 18.8. The summed E-state index contributed by atoms with van der Waals surface area (Å²) in [6.07, 6.45) is 1.57. The molecule has 2 amide bonds. The fourth-order valence-electron chi connectivity index (χ4n) is 3.02. The van der Waals surface area contributed by atoms with Crippen molar-refractivity contribution in [1.82, 2.24) is 20.2 Å². The average molecular weight is 368 g/mol. The molecule has 0 aliphatic carbocycles. The lowest BCUT2D eigenvalue weighted by Crippen LogP contribution is -2.39. The van der Waals surface area contributed by atoms with Crippen LogP contribution in [0.5, 0.6) is 5.75 Å². The van der Waals surface area contributed by atoms with Gasteiger partial charge in [-0.1, -0.05) is 0 Å². The minimum atomic E-state index is -0.380. The molecule has 3 aromatic rings. The maximum atomic E-state index is 13.5. The van der Waals surface area contributed by atoms with Crippen LogP contribution in [-0.2, 0) is 11.3 Å². The number of ether oxygens (including phenoxy) is 1. The maximum Gasteiger partial charge on any atom is 0.260 e. The van der Waals surface area contributed by atoms with E-state index in [1.54, 1.807) is 29.4 Å². The van der Waals surface area contributed by atoms with Crippen LogP contribution >= 0.6 is 0 Å². The predicted octanol–water partition coefficient (Wildman–Crippen LogP) is 1.85. The van der Waals surface area contributed by atoms with Crippen LogP contribution in [0.15, 0.2) is 42.7 Å². The SMILES string of the molecule is O=C(NCCN1Cc2cc(F)ccc2OCC1=O)c1ccc2nc[nH]c2c1. The van der Waals surface area contributed by atoms with Crippen LogP contribution in [0, 0.1) is 5.82 Å². The normalized spacial score (nSPS) is 13.8. The van der Waals surface area contributed by atoms with Gasteiger partial charge in [-0.15, -0.1) is 0 Å². The molecule has 2 N–H and O–H groups in total. The standard InChI is InChI=1S/C19H17FN4O3/c20-14-2-4-17-13(7-14)9-24(18(25)10-27-17)6-5-21-19(26)12-1-3-15-16(8-12)23-11-22-15/h1-4,7-8,11H,5-6,9-10H2,(H,21,26)(H,22,23). The van der Waals surface area contributed by atoms with Crippen LogP contribution in [0.2, 0.25) is 0 Å². The summed E-state index contributed by atoms with van der Waals surface area (Å²) in [5, 5.41) is 2.80. The largest absolute Gasteiger partial charge is 0.483 e. The maximum absolute atomic E-state index is 13.5. The molecule has 0 spiro atoms. The molecule has 138 valence electrons. The lowest BCUT2D eigenvalue weighted by molar-refractivity contribution is -0.133. The van der Waals surface area contributed by atoms with E-state index < -0.39 is 0 Å². The van der Waals surface area contributed by atoms with E-state index in [-0.39, 0.29) is 37.3 Å². The Balaban J connectivity index is 1.38. The number of fused-ring (bicyclic) bond motifs is 2. The average Bonchev–Trinajstić information content (AvgIpc) is 3.08. The minimum absolute atomic E-state index is 0.108. The van der Waals surface area contributed by atoms with Crippen LogP contribution in [0.3, 0.4) is 0 Å². The van der Waals surface area contributed by atoms with Crippen LogP contribution in [-0.4, -0.2) is 46.4 Å². The summed E-state index contributed by atoms with van der Waals surface area (Å²) in [5.41, 5.74) is 2.68. The van der Waals surface area contributed by atoms with Crippen molar-refractivity contribution in [3.05, 3.63) is 59.7 Å². The lowest BCUT2D eigenvalue weighted by Gasteiger charge is -2.20. The summed E-state index contributed by atoms with van der Waals surface area (Å²) in [6, 6.07) is 9.37. The first-order chi connectivity index (χ1) is 13.1. The molecule has 0 atom stereocenters. The Morgan fingerprint density at radius 2 is 2.19 bits per heavy atom. The number of carbonyl (C=O) groups is 2. The van der Waals surface area contributed by atoms with Gasteiger partial charge in [0, 0.05) is 30.8 Å². The fourth-order valence-corrected chi connectivity index (χ4v) is 3.02. The summed E-state index contributed by atoms with van der Waals surface area (Å²) >= 11 is 0. The van der Waals surface area contributed by atoms with Crippen LogP contribution < -0.4 is 10.1 Å². The Kier molecular flexibility index (Phi) is 4.45. The number of benzene rings is 2. The Labute approximate surface area is 154 Å². The fraction of sp³-hybridized carbons (Fsp3) is 0.211. The van der Waals surface area contributed by atoms with Crippen LogP contribution in [0.1, 0.15) is 15.9 Å². The molecule has 4 rings (SSSR count). The third-order valence-corrected chi connectivity index (χ3v) is 4.44. The van der Waals surface area contributed by atoms with E-state index in [4.69, 9.17) is 4.74 Å².